The number of benzene rings is 3. The molecule has 0 bridgehead atoms. The van der Waals surface area contributed by atoms with E-state index in [2.05, 4.69) is 10.6 Å². The number of aryl methyl sites for hydroxylation is 1. The van der Waals surface area contributed by atoms with E-state index >= 15 is 0 Å². The summed E-state index contributed by atoms with van der Waals surface area (Å²) >= 11 is 6.35. The van der Waals surface area contributed by atoms with E-state index in [0.717, 1.165) is 5.56 Å². The number of aliphatic hydroxyl groups excluding tert-OH is 1. The van der Waals surface area contributed by atoms with Gasteiger partial charge in [-0.15, -0.1) is 0 Å². The molecule has 0 unspecified atom stereocenters. The minimum Gasteiger partial charge on any atom is -0.495 e. The van der Waals surface area contributed by atoms with Gasteiger partial charge in [-0.05, 0) is 74.6 Å². The molecule has 1 heterocycles. The Morgan fingerprint density at radius 3 is 2.26 bits per heavy atom. The Balaban J connectivity index is 1.76. The maximum absolute atomic E-state index is 14.0. The summed E-state index contributed by atoms with van der Waals surface area (Å²) in [5.74, 6) is -3.74. The second-order valence-corrected chi connectivity index (χ2v) is 17.5. The van der Waals surface area contributed by atoms with Crippen LogP contribution in [0.4, 0.5) is 0 Å². The lowest BCUT2D eigenvalue weighted by atomic mass is 9.89. The largest absolute Gasteiger partial charge is 0.495 e. The molecule has 314 valence electrons. The van der Waals surface area contributed by atoms with Crippen LogP contribution in [0.15, 0.2) is 89.8 Å². The molecule has 13 nitrogen and oxygen atoms in total. The number of carbonyl (C=O) groups excluding carboxylic acids is 4. The topological polar surface area (TPSA) is 184 Å². The standard InChI is InChI=1S/C43H53ClN2O11S/c1-26(2)22-36-41(50)55-34(28(4)39(38(48)30-12-9-8-10-13-30)57-58(52,53)31-19-16-27(3)17-20-31)14-11-15-37(47)46-33(24-29-18-21-35(54-7)32(44)23-29)40(49)45-25-43(5,6)42(51)56-36/h8-13,15-21,23,26,28,33-34,36,38-39,48H,14,22,24-25H2,1-7H3,(H,45,49)(H,46,47)/b15-11+/t28-,33+,34-,36-,38+,39-/m0/s1. The van der Waals surface area contributed by atoms with E-state index in [9.17, 15) is 32.7 Å². The van der Waals surface area contributed by atoms with Crippen LogP contribution in [-0.4, -0.2) is 75.3 Å². The fourth-order valence-corrected chi connectivity index (χ4v) is 7.64. The van der Waals surface area contributed by atoms with E-state index in [1.165, 1.54) is 31.4 Å². The molecular formula is C43H53ClN2O11S. The number of ether oxygens (including phenoxy) is 3. The highest BCUT2D eigenvalue weighted by molar-refractivity contribution is 7.86. The van der Waals surface area contributed by atoms with E-state index in [1.54, 1.807) is 88.4 Å². The number of cyclic esters (lactones) is 2. The Morgan fingerprint density at radius 1 is 0.966 bits per heavy atom. The van der Waals surface area contributed by atoms with Crippen LogP contribution in [0, 0.1) is 24.2 Å². The van der Waals surface area contributed by atoms with Gasteiger partial charge in [0.05, 0.1) is 22.4 Å². The van der Waals surface area contributed by atoms with Gasteiger partial charge in [0.15, 0.2) is 6.10 Å². The first-order valence-corrected chi connectivity index (χ1v) is 20.8. The first kappa shape index (κ1) is 45.9. The smallest absolute Gasteiger partial charge is 0.347 e. The van der Waals surface area contributed by atoms with Crippen molar-refractivity contribution < 1.29 is 51.1 Å². The summed E-state index contributed by atoms with van der Waals surface area (Å²) in [4.78, 5) is 54.6. The van der Waals surface area contributed by atoms with Crippen LogP contribution in [0.2, 0.25) is 5.02 Å². The molecule has 15 heteroatoms. The van der Waals surface area contributed by atoms with Crippen LogP contribution < -0.4 is 15.4 Å². The molecule has 58 heavy (non-hydrogen) atoms. The number of carbonyl (C=O) groups is 4. The molecule has 0 fully saturated rings. The van der Waals surface area contributed by atoms with Gasteiger partial charge in [0, 0.05) is 25.3 Å². The van der Waals surface area contributed by atoms with Gasteiger partial charge in [-0.2, -0.15) is 8.42 Å². The van der Waals surface area contributed by atoms with E-state index in [4.69, 9.17) is 30.0 Å². The van der Waals surface area contributed by atoms with E-state index < -0.39 is 75.7 Å². The lowest BCUT2D eigenvalue weighted by Crippen LogP contribution is -2.51. The number of rotatable bonds is 12. The third-order valence-electron chi connectivity index (χ3n) is 9.75. The second-order valence-electron chi connectivity index (χ2n) is 15.5. The van der Waals surface area contributed by atoms with Crippen LogP contribution in [-0.2, 0) is 49.4 Å². The van der Waals surface area contributed by atoms with Gasteiger partial charge in [0.25, 0.3) is 10.1 Å². The van der Waals surface area contributed by atoms with Gasteiger partial charge in [-0.1, -0.05) is 92.5 Å². The maximum atomic E-state index is 14.0. The number of amides is 2. The van der Waals surface area contributed by atoms with Crippen molar-refractivity contribution in [3.05, 3.63) is 107 Å². The SMILES string of the molecule is COc1ccc(C[C@H]2NC(=O)/C=C/C[C@@H]([C@H](C)[C@H](OS(=O)(=O)c3ccc(C)cc3)[C@H](O)c3ccccc3)OC(=O)[C@H](CC(C)C)OC(=O)C(C)(C)CNC2=O)cc1Cl. The molecule has 0 spiro atoms. The zero-order valence-electron chi connectivity index (χ0n) is 33.8. The number of aliphatic hydroxyl groups is 1. The molecule has 3 aromatic rings. The zero-order chi connectivity index (χ0) is 42.8. The molecular weight excluding hydrogens is 788 g/mol. The molecule has 2 amide bonds. The van der Waals surface area contributed by atoms with Crippen molar-refractivity contribution in [2.24, 2.45) is 17.3 Å². The number of hydrogen-bond acceptors (Lipinski definition) is 11. The summed E-state index contributed by atoms with van der Waals surface area (Å²) in [6, 6.07) is 18.1. The Bertz CT molecular complexity index is 2040. The molecule has 6 atom stereocenters. The van der Waals surface area contributed by atoms with E-state index in [1.807, 2.05) is 13.8 Å². The fourth-order valence-electron chi connectivity index (χ4n) is 6.20. The summed E-state index contributed by atoms with van der Waals surface area (Å²) in [6.45, 7) is 9.91. The molecule has 1 aliphatic rings. The summed E-state index contributed by atoms with van der Waals surface area (Å²) in [5.41, 5.74) is 0.433. The Morgan fingerprint density at radius 2 is 1.64 bits per heavy atom. The number of esters is 2. The summed E-state index contributed by atoms with van der Waals surface area (Å²) in [6.07, 6.45) is -3.17. The van der Waals surface area contributed by atoms with Crippen molar-refractivity contribution in [1.29, 1.82) is 0 Å². The Hall–Kier alpha value is -4.76. The number of halogens is 1. The molecule has 3 aromatic carbocycles. The molecule has 0 radical (unpaired) electrons. The highest BCUT2D eigenvalue weighted by atomic mass is 35.5. The minimum atomic E-state index is -4.49. The van der Waals surface area contributed by atoms with E-state index in [-0.39, 0.29) is 36.6 Å². The summed E-state index contributed by atoms with van der Waals surface area (Å²) < 4.78 is 50.3. The molecule has 0 aromatic heterocycles. The average Bonchev–Trinajstić information content (AvgIpc) is 3.17. The molecule has 1 aliphatic heterocycles. The minimum absolute atomic E-state index is 0.0274. The van der Waals surface area contributed by atoms with Crippen LogP contribution >= 0.6 is 11.6 Å². The normalized spacial score (nSPS) is 21.8. The Kier molecular flexibility index (Phi) is 16.1. The number of methoxy groups -OCH3 is 1. The quantitative estimate of drug-likeness (QED) is 0.148. The summed E-state index contributed by atoms with van der Waals surface area (Å²) in [7, 11) is -3.02. The van der Waals surface area contributed by atoms with Crippen LogP contribution in [0.25, 0.3) is 0 Å². The van der Waals surface area contributed by atoms with Crippen molar-refractivity contribution in [3.63, 3.8) is 0 Å². The molecule has 0 saturated heterocycles. The maximum Gasteiger partial charge on any atom is 0.347 e. The van der Waals surface area contributed by atoms with Crippen LogP contribution in [0.5, 0.6) is 5.75 Å². The molecule has 0 aliphatic carbocycles. The Labute approximate surface area is 345 Å². The highest BCUT2D eigenvalue weighted by Gasteiger charge is 2.41. The first-order valence-electron chi connectivity index (χ1n) is 19.0. The van der Waals surface area contributed by atoms with Crippen molar-refractivity contribution in [1.82, 2.24) is 10.6 Å². The van der Waals surface area contributed by atoms with Crippen LogP contribution in [0.1, 0.15) is 70.3 Å². The third-order valence-corrected chi connectivity index (χ3v) is 11.4. The first-order chi connectivity index (χ1) is 27.3. The fraction of sp³-hybridized carbons (Fsp3) is 0.442. The zero-order valence-corrected chi connectivity index (χ0v) is 35.3. The number of nitrogens with one attached hydrogen (secondary N) is 2. The third kappa shape index (κ3) is 12.6. The lowest BCUT2D eigenvalue weighted by molar-refractivity contribution is -0.180. The molecule has 3 N–H and O–H groups in total. The van der Waals surface area contributed by atoms with Crippen LogP contribution in [0.3, 0.4) is 0 Å². The van der Waals surface area contributed by atoms with Gasteiger partial charge in [0.1, 0.15) is 30.1 Å². The van der Waals surface area contributed by atoms with Crippen molar-refractivity contribution in [2.75, 3.05) is 13.7 Å². The average molecular weight is 841 g/mol. The molecule has 0 saturated carbocycles. The van der Waals surface area contributed by atoms with Gasteiger partial charge in [-0.3, -0.25) is 18.6 Å². The predicted octanol–water partition coefficient (Wildman–Crippen LogP) is 5.80. The second kappa shape index (κ2) is 20.3. The van der Waals surface area contributed by atoms with Gasteiger partial charge < -0.3 is 30.0 Å². The molecule has 4 rings (SSSR count). The monoisotopic (exact) mass is 840 g/mol. The van der Waals surface area contributed by atoms with E-state index in [0.29, 0.717) is 21.9 Å². The number of hydrogen-bond donors (Lipinski definition) is 3. The highest BCUT2D eigenvalue weighted by Crippen LogP contribution is 2.33. The summed E-state index contributed by atoms with van der Waals surface area (Å²) in [5, 5.41) is 17.5. The van der Waals surface area contributed by atoms with Crippen molar-refractivity contribution >= 4 is 45.5 Å². The predicted molar refractivity (Wildman–Crippen MR) is 217 cm³/mol. The van der Waals surface area contributed by atoms with Gasteiger partial charge in [0.2, 0.25) is 11.8 Å². The van der Waals surface area contributed by atoms with Gasteiger partial charge in [-0.25, -0.2) is 4.79 Å². The van der Waals surface area contributed by atoms with Gasteiger partial charge >= 0.3 is 11.9 Å². The van der Waals surface area contributed by atoms with Crippen molar-refractivity contribution in [3.8, 4) is 5.75 Å². The van der Waals surface area contributed by atoms with Crippen molar-refractivity contribution in [2.45, 2.75) is 96.2 Å². The lowest BCUT2D eigenvalue weighted by Gasteiger charge is -2.34.